The van der Waals surface area contributed by atoms with Crippen molar-refractivity contribution in [3.8, 4) is 11.4 Å². The summed E-state index contributed by atoms with van der Waals surface area (Å²) in [5, 5.41) is 0.995. The molecule has 4 N–H and O–H groups in total. The lowest BCUT2D eigenvalue weighted by Gasteiger charge is -2.28. The molecule has 0 radical (unpaired) electrons. The number of halogens is 4. The summed E-state index contributed by atoms with van der Waals surface area (Å²) in [5.74, 6) is -1.04. The van der Waals surface area contributed by atoms with Crippen LogP contribution in [0.25, 0.3) is 5.69 Å². The molecule has 1 aromatic heterocycles. The van der Waals surface area contributed by atoms with Crippen LogP contribution in [0.4, 0.5) is 13.2 Å². The highest BCUT2D eigenvalue weighted by molar-refractivity contribution is 7.98. The zero-order chi connectivity index (χ0) is 30.4. The summed E-state index contributed by atoms with van der Waals surface area (Å²) >= 11 is 7.46. The van der Waals surface area contributed by atoms with Gasteiger partial charge in [-0.2, -0.15) is 0 Å². The van der Waals surface area contributed by atoms with Crippen molar-refractivity contribution in [1.82, 2.24) is 9.55 Å². The lowest BCUT2D eigenvalue weighted by Crippen LogP contribution is -2.23. The summed E-state index contributed by atoms with van der Waals surface area (Å²) in [7, 11) is 1.55. The largest absolute Gasteiger partial charge is 0.495 e. The number of ether oxygens (including phenoxy) is 1. The average molecular weight is 616 g/mol. The van der Waals surface area contributed by atoms with Crippen LogP contribution in [0, 0.1) is 17.5 Å². The smallest absolute Gasteiger partial charge is 0.185 e. The van der Waals surface area contributed by atoms with Gasteiger partial charge in [-0.3, -0.25) is 9.56 Å². The summed E-state index contributed by atoms with van der Waals surface area (Å²) in [6, 6.07) is 14.3. The van der Waals surface area contributed by atoms with Crippen LogP contribution in [0.15, 0.2) is 70.9 Å². The van der Waals surface area contributed by atoms with Gasteiger partial charge in [-0.05, 0) is 78.9 Å². The van der Waals surface area contributed by atoms with Crippen molar-refractivity contribution in [3.63, 3.8) is 0 Å². The van der Waals surface area contributed by atoms with E-state index in [-0.39, 0.29) is 23.1 Å². The van der Waals surface area contributed by atoms with Crippen molar-refractivity contribution in [2.24, 2.45) is 16.5 Å². The molecule has 0 saturated carbocycles. The molecule has 11 heteroatoms. The van der Waals surface area contributed by atoms with Crippen LogP contribution >= 0.6 is 23.4 Å². The second-order valence-corrected chi connectivity index (χ2v) is 11.7. The van der Waals surface area contributed by atoms with Crippen LogP contribution in [0.1, 0.15) is 49.1 Å². The van der Waals surface area contributed by atoms with Gasteiger partial charge in [0.05, 0.1) is 24.0 Å². The minimum Gasteiger partial charge on any atom is -0.495 e. The highest BCUT2D eigenvalue weighted by atomic mass is 35.5. The van der Waals surface area contributed by atoms with Gasteiger partial charge in [-0.15, -0.1) is 0 Å². The first-order valence-corrected chi connectivity index (χ1v) is 14.7. The van der Waals surface area contributed by atoms with Crippen LogP contribution in [0.5, 0.6) is 5.75 Å². The minimum atomic E-state index is -0.615. The molecule has 3 aromatic carbocycles. The van der Waals surface area contributed by atoms with E-state index in [0.717, 1.165) is 11.3 Å². The molecule has 4 aromatic rings. The van der Waals surface area contributed by atoms with Crippen LogP contribution in [0.3, 0.4) is 0 Å². The summed E-state index contributed by atoms with van der Waals surface area (Å²) in [4.78, 5) is 8.55. The molecular weight excluding hydrogens is 583 g/mol. The van der Waals surface area contributed by atoms with Gasteiger partial charge in [-0.25, -0.2) is 18.2 Å². The Labute approximate surface area is 253 Å². The van der Waals surface area contributed by atoms with Gasteiger partial charge in [-0.1, -0.05) is 43.3 Å². The van der Waals surface area contributed by atoms with E-state index in [9.17, 15) is 4.39 Å². The van der Waals surface area contributed by atoms with E-state index in [1.165, 1.54) is 36.0 Å². The van der Waals surface area contributed by atoms with E-state index in [1.807, 2.05) is 30.5 Å². The third-order valence-electron chi connectivity index (χ3n) is 7.04. The second kappa shape index (κ2) is 13.6. The first-order chi connectivity index (χ1) is 20.0. The second-order valence-electron chi connectivity index (χ2n) is 10.3. The van der Waals surface area contributed by atoms with Gasteiger partial charge in [0.1, 0.15) is 23.2 Å². The number of aromatic nitrogens is 2. The highest BCUT2D eigenvalue weighted by Gasteiger charge is 2.30. The van der Waals surface area contributed by atoms with E-state index in [2.05, 4.69) is 9.98 Å². The third-order valence-corrected chi connectivity index (χ3v) is 8.33. The fourth-order valence-corrected chi connectivity index (χ4v) is 5.84. The molecular formula is C31H33ClF3N5OS. The molecule has 0 amide bonds. The quantitative estimate of drug-likeness (QED) is 0.0763. The predicted molar refractivity (Wildman–Crippen MR) is 163 cm³/mol. The van der Waals surface area contributed by atoms with Crippen LogP contribution < -0.4 is 16.2 Å². The molecule has 0 aliphatic rings. The maximum absolute atomic E-state index is 15.1. The minimum absolute atomic E-state index is 0.00921. The molecule has 42 heavy (non-hydrogen) atoms. The van der Waals surface area contributed by atoms with E-state index >= 15 is 8.78 Å². The van der Waals surface area contributed by atoms with Crippen LogP contribution in [-0.2, 0) is 17.6 Å². The first kappa shape index (κ1) is 31.3. The van der Waals surface area contributed by atoms with Crippen molar-refractivity contribution in [1.29, 1.82) is 0 Å². The van der Waals surface area contributed by atoms with Crippen molar-refractivity contribution in [2.75, 3.05) is 13.7 Å². The molecule has 222 valence electrons. The van der Waals surface area contributed by atoms with E-state index in [4.69, 9.17) is 27.8 Å². The molecule has 6 nitrogen and oxygen atoms in total. The van der Waals surface area contributed by atoms with Gasteiger partial charge in [0, 0.05) is 29.0 Å². The van der Waals surface area contributed by atoms with E-state index in [0.29, 0.717) is 53.0 Å². The number of rotatable bonds is 12. The van der Waals surface area contributed by atoms with E-state index < -0.39 is 17.0 Å². The number of imidazole rings is 1. The number of guanidine groups is 1. The Morgan fingerprint density at radius 2 is 1.71 bits per heavy atom. The molecule has 0 aliphatic carbocycles. The van der Waals surface area contributed by atoms with Gasteiger partial charge >= 0.3 is 0 Å². The Hall–Kier alpha value is -3.63. The number of benzene rings is 3. The monoisotopic (exact) mass is 615 g/mol. The van der Waals surface area contributed by atoms with Gasteiger partial charge < -0.3 is 16.2 Å². The van der Waals surface area contributed by atoms with Gasteiger partial charge in [0.25, 0.3) is 0 Å². The molecule has 0 aliphatic heterocycles. The number of hydrogen-bond donors (Lipinski definition) is 2. The molecule has 4 rings (SSSR count). The Morgan fingerprint density at radius 1 is 1.02 bits per heavy atom. The zero-order valence-corrected chi connectivity index (χ0v) is 25.2. The number of nitrogens with zero attached hydrogens (tertiary/aromatic N) is 3. The number of unbranched alkanes of at least 4 members (excludes halogenated alkanes) is 1. The molecule has 0 unspecified atom stereocenters. The van der Waals surface area contributed by atoms with Gasteiger partial charge in [0.2, 0.25) is 0 Å². The molecule has 0 saturated heterocycles. The highest BCUT2D eigenvalue weighted by Crippen LogP contribution is 2.39. The topological polar surface area (TPSA) is 91.4 Å². The fraction of sp³-hybridized carbons (Fsp3) is 0.290. The maximum Gasteiger partial charge on any atom is 0.185 e. The Morgan fingerprint density at radius 3 is 2.36 bits per heavy atom. The van der Waals surface area contributed by atoms with Crippen molar-refractivity contribution < 1.29 is 17.9 Å². The number of nitrogens with two attached hydrogens (primary N) is 2. The summed E-state index contributed by atoms with van der Waals surface area (Å²) < 4.78 is 51.3. The van der Waals surface area contributed by atoms with Crippen molar-refractivity contribution in [3.05, 3.63) is 106 Å². The number of thioether (sulfide) groups is 1. The zero-order valence-electron chi connectivity index (χ0n) is 23.6. The standard InChI is InChI=1S/C31H33ClF3N5OS/c1-31(2,20-7-12-24(32)27(16-20)41-3)28-17-39-30(40(28)22-10-8-21(33)9-11-22)42-18-23-25(34)14-19(15-26(23)35)6-4-5-13-38-29(36)37/h7-12,14-17H,4-6,13,18H2,1-3H3,(H4,36,37,38). The normalized spacial score (nSPS) is 11.5. The van der Waals surface area contributed by atoms with Gasteiger partial charge in [0.15, 0.2) is 11.1 Å². The Bertz CT molecular complexity index is 1550. The fourth-order valence-electron chi connectivity index (χ4n) is 4.64. The Kier molecular flexibility index (Phi) is 10.1. The lowest BCUT2D eigenvalue weighted by atomic mass is 9.81. The summed E-state index contributed by atoms with van der Waals surface area (Å²) in [6.07, 6.45) is 3.62. The molecule has 0 bridgehead atoms. The number of hydrogen-bond acceptors (Lipinski definition) is 4. The van der Waals surface area contributed by atoms with Crippen LogP contribution in [0.2, 0.25) is 5.02 Å². The number of aliphatic imine (C=N–C) groups is 1. The van der Waals surface area contributed by atoms with E-state index in [1.54, 1.807) is 31.5 Å². The number of aryl methyl sites for hydroxylation is 1. The average Bonchev–Trinajstić information content (AvgIpc) is 3.37. The summed E-state index contributed by atoms with van der Waals surface area (Å²) in [5.41, 5.74) is 12.9. The molecule has 0 fully saturated rings. The SMILES string of the molecule is COc1cc(C(C)(C)c2cnc(SCc3c(F)cc(CCCCN=C(N)N)cc3F)n2-c2ccc(F)cc2)ccc1Cl. The molecule has 1 heterocycles. The maximum atomic E-state index is 15.1. The first-order valence-electron chi connectivity index (χ1n) is 13.3. The van der Waals surface area contributed by atoms with Crippen molar-refractivity contribution >= 4 is 29.3 Å². The summed E-state index contributed by atoms with van der Waals surface area (Å²) in [6.45, 7) is 4.51. The van der Waals surface area contributed by atoms with Crippen LogP contribution in [-0.4, -0.2) is 29.2 Å². The van der Waals surface area contributed by atoms with Crippen molar-refractivity contribution in [2.45, 2.75) is 49.4 Å². The number of methoxy groups -OCH3 is 1. The third kappa shape index (κ3) is 7.22. The molecule has 0 spiro atoms. The lowest BCUT2D eigenvalue weighted by molar-refractivity contribution is 0.413. The Balaban J connectivity index is 1.62. The predicted octanol–water partition coefficient (Wildman–Crippen LogP) is 7.17. The molecule has 0 atom stereocenters.